The van der Waals surface area contributed by atoms with Crippen molar-refractivity contribution in [3.05, 3.63) is 47.8 Å². The molecule has 5 nitrogen and oxygen atoms in total. The van der Waals surface area contributed by atoms with Crippen LogP contribution in [0.4, 0.5) is 11.6 Å². The van der Waals surface area contributed by atoms with E-state index < -0.39 is 0 Å². The van der Waals surface area contributed by atoms with Crippen LogP contribution in [0.5, 0.6) is 0 Å². The monoisotopic (exact) mass is 340 g/mol. The summed E-state index contributed by atoms with van der Waals surface area (Å²) in [5.41, 5.74) is 2.33. The standard InChI is InChI=1S/C20H28N4O/c1-6-7-12-24(5)19-21-13-15(14-22-19)18(25)23-17-11-9-8-10-16(17)20(2,3)4/h8-11,13-14H,6-7,12H2,1-5H3,(H,23,25). The Bertz CT molecular complexity index is 704. The van der Waals surface area contributed by atoms with Gasteiger partial charge in [0.1, 0.15) is 0 Å². The molecule has 0 saturated heterocycles. The van der Waals surface area contributed by atoms with Gasteiger partial charge in [-0.05, 0) is 23.5 Å². The summed E-state index contributed by atoms with van der Waals surface area (Å²) in [6, 6.07) is 7.87. The number of unbranched alkanes of at least 4 members (excludes halogenated alkanes) is 1. The average molecular weight is 340 g/mol. The van der Waals surface area contributed by atoms with Crippen molar-refractivity contribution in [2.45, 2.75) is 46.0 Å². The Labute approximate surface area is 150 Å². The minimum atomic E-state index is -0.195. The van der Waals surface area contributed by atoms with Gasteiger partial charge >= 0.3 is 0 Å². The van der Waals surface area contributed by atoms with E-state index in [1.54, 1.807) is 12.4 Å². The highest BCUT2D eigenvalue weighted by Gasteiger charge is 2.19. The van der Waals surface area contributed by atoms with Gasteiger partial charge in [0.15, 0.2) is 0 Å². The van der Waals surface area contributed by atoms with Crippen LogP contribution < -0.4 is 10.2 Å². The minimum Gasteiger partial charge on any atom is -0.344 e. The highest BCUT2D eigenvalue weighted by Crippen LogP contribution is 2.29. The van der Waals surface area contributed by atoms with Gasteiger partial charge in [-0.3, -0.25) is 4.79 Å². The summed E-state index contributed by atoms with van der Waals surface area (Å²) >= 11 is 0. The van der Waals surface area contributed by atoms with Crippen molar-refractivity contribution in [2.24, 2.45) is 0 Å². The van der Waals surface area contributed by atoms with Gasteiger partial charge in [0, 0.05) is 31.7 Å². The molecule has 0 atom stereocenters. The van der Waals surface area contributed by atoms with E-state index in [-0.39, 0.29) is 11.3 Å². The van der Waals surface area contributed by atoms with Gasteiger partial charge in [-0.15, -0.1) is 0 Å². The molecule has 25 heavy (non-hydrogen) atoms. The smallest absolute Gasteiger partial charge is 0.258 e. The molecular weight excluding hydrogens is 312 g/mol. The summed E-state index contributed by atoms with van der Waals surface area (Å²) in [6.07, 6.45) is 5.38. The van der Waals surface area contributed by atoms with Gasteiger partial charge in [-0.1, -0.05) is 52.3 Å². The lowest BCUT2D eigenvalue weighted by atomic mass is 9.86. The van der Waals surface area contributed by atoms with Crippen LogP contribution >= 0.6 is 0 Å². The molecule has 0 fully saturated rings. The fraction of sp³-hybridized carbons (Fsp3) is 0.450. The molecule has 0 aliphatic carbocycles. The van der Waals surface area contributed by atoms with E-state index in [1.807, 2.05) is 36.2 Å². The van der Waals surface area contributed by atoms with Crippen LogP contribution in [-0.2, 0) is 5.41 Å². The van der Waals surface area contributed by atoms with Crippen LogP contribution in [0.1, 0.15) is 56.5 Å². The van der Waals surface area contributed by atoms with Crippen molar-refractivity contribution >= 4 is 17.5 Å². The van der Waals surface area contributed by atoms with Crippen molar-refractivity contribution in [1.82, 2.24) is 9.97 Å². The second-order valence-electron chi connectivity index (χ2n) is 7.30. The first-order chi connectivity index (χ1) is 11.8. The Morgan fingerprint density at radius 2 is 1.80 bits per heavy atom. The van der Waals surface area contributed by atoms with E-state index >= 15 is 0 Å². The minimum absolute atomic E-state index is 0.0494. The SMILES string of the molecule is CCCCN(C)c1ncc(C(=O)Nc2ccccc2C(C)(C)C)cn1. The third-order valence-corrected chi connectivity index (χ3v) is 4.07. The number of carbonyl (C=O) groups excluding carboxylic acids is 1. The highest BCUT2D eigenvalue weighted by atomic mass is 16.1. The Balaban J connectivity index is 2.12. The Morgan fingerprint density at radius 3 is 2.40 bits per heavy atom. The summed E-state index contributed by atoms with van der Waals surface area (Å²) in [6.45, 7) is 9.44. The number of rotatable bonds is 6. The predicted molar refractivity (Wildman–Crippen MR) is 103 cm³/mol. The van der Waals surface area contributed by atoms with Crippen LogP contribution in [0.3, 0.4) is 0 Å². The van der Waals surface area contributed by atoms with E-state index in [4.69, 9.17) is 0 Å². The van der Waals surface area contributed by atoms with Crippen molar-refractivity contribution in [1.29, 1.82) is 0 Å². The normalized spacial score (nSPS) is 11.2. The van der Waals surface area contributed by atoms with E-state index in [0.717, 1.165) is 30.6 Å². The van der Waals surface area contributed by atoms with Crippen molar-refractivity contribution in [2.75, 3.05) is 23.8 Å². The summed E-state index contributed by atoms with van der Waals surface area (Å²) < 4.78 is 0. The number of hydrogen-bond donors (Lipinski definition) is 1. The number of nitrogens with one attached hydrogen (secondary N) is 1. The molecule has 1 heterocycles. The quantitative estimate of drug-likeness (QED) is 0.853. The molecule has 0 unspecified atom stereocenters. The number of hydrogen-bond acceptors (Lipinski definition) is 4. The molecule has 1 N–H and O–H groups in total. The zero-order valence-electron chi connectivity index (χ0n) is 15.8. The van der Waals surface area contributed by atoms with Crippen LogP contribution in [0, 0.1) is 0 Å². The van der Waals surface area contributed by atoms with Gasteiger partial charge in [-0.2, -0.15) is 0 Å². The number of aromatic nitrogens is 2. The lowest BCUT2D eigenvalue weighted by Crippen LogP contribution is -2.22. The molecule has 0 saturated carbocycles. The first-order valence-electron chi connectivity index (χ1n) is 8.77. The fourth-order valence-corrected chi connectivity index (χ4v) is 2.57. The first kappa shape index (κ1) is 18.9. The van der Waals surface area contributed by atoms with E-state index in [2.05, 4.69) is 43.0 Å². The summed E-state index contributed by atoms with van der Waals surface area (Å²) in [5.74, 6) is 0.444. The summed E-state index contributed by atoms with van der Waals surface area (Å²) in [5, 5.41) is 2.98. The maximum absolute atomic E-state index is 12.5. The predicted octanol–water partition coefficient (Wildman–Crippen LogP) is 4.26. The molecule has 5 heteroatoms. The number of carbonyl (C=O) groups is 1. The third kappa shape index (κ3) is 5.02. The molecule has 0 aliphatic rings. The number of anilines is 2. The average Bonchev–Trinajstić information content (AvgIpc) is 2.59. The molecule has 134 valence electrons. The fourth-order valence-electron chi connectivity index (χ4n) is 2.57. The lowest BCUT2D eigenvalue weighted by molar-refractivity contribution is 0.102. The van der Waals surface area contributed by atoms with Gasteiger partial charge < -0.3 is 10.2 Å². The number of amides is 1. The van der Waals surface area contributed by atoms with Crippen LogP contribution in [0.25, 0.3) is 0 Å². The second-order valence-corrected chi connectivity index (χ2v) is 7.30. The molecule has 0 aliphatic heterocycles. The van der Waals surface area contributed by atoms with Crippen LogP contribution in [0.15, 0.2) is 36.7 Å². The zero-order chi connectivity index (χ0) is 18.4. The number of para-hydroxylation sites is 1. The largest absolute Gasteiger partial charge is 0.344 e. The molecular formula is C20H28N4O. The number of nitrogens with zero attached hydrogens (tertiary/aromatic N) is 3. The number of benzene rings is 1. The first-order valence-corrected chi connectivity index (χ1v) is 8.77. The molecule has 2 rings (SSSR count). The molecule has 0 spiro atoms. The molecule has 1 aromatic heterocycles. The third-order valence-electron chi connectivity index (χ3n) is 4.07. The lowest BCUT2D eigenvalue weighted by Gasteiger charge is -2.23. The van der Waals surface area contributed by atoms with Gasteiger partial charge in [0.2, 0.25) is 5.95 Å². The van der Waals surface area contributed by atoms with Crippen molar-refractivity contribution in [3.63, 3.8) is 0 Å². The molecule has 1 amide bonds. The van der Waals surface area contributed by atoms with Gasteiger partial charge in [0.25, 0.3) is 5.91 Å². The summed E-state index contributed by atoms with van der Waals surface area (Å²) in [7, 11) is 1.96. The van der Waals surface area contributed by atoms with E-state index in [1.165, 1.54) is 0 Å². The zero-order valence-corrected chi connectivity index (χ0v) is 15.8. The second kappa shape index (κ2) is 8.10. The van der Waals surface area contributed by atoms with Crippen LogP contribution in [-0.4, -0.2) is 29.5 Å². The Kier molecular flexibility index (Phi) is 6.12. The van der Waals surface area contributed by atoms with Crippen molar-refractivity contribution in [3.8, 4) is 0 Å². The van der Waals surface area contributed by atoms with Crippen LogP contribution in [0.2, 0.25) is 0 Å². The molecule has 0 bridgehead atoms. The maximum Gasteiger partial charge on any atom is 0.258 e. The molecule has 1 aromatic carbocycles. The maximum atomic E-state index is 12.5. The summed E-state index contributed by atoms with van der Waals surface area (Å²) in [4.78, 5) is 23.2. The molecule has 0 radical (unpaired) electrons. The Morgan fingerprint density at radius 1 is 1.16 bits per heavy atom. The van der Waals surface area contributed by atoms with Gasteiger partial charge in [0.05, 0.1) is 5.56 Å². The topological polar surface area (TPSA) is 58.1 Å². The highest BCUT2D eigenvalue weighted by molar-refractivity contribution is 6.04. The van der Waals surface area contributed by atoms with E-state index in [0.29, 0.717) is 11.5 Å². The van der Waals surface area contributed by atoms with Crippen molar-refractivity contribution < 1.29 is 4.79 Å². The van der Waals surface area contributed by atoms with E-state index in [9.17, 15) is 4.79 Å². The Hall–Kier alpha value is -2.43. The molecule has 2 aromatic rings. The van der Waals surface area contributed by atoms with Gasteiger partial charge in [-0.25, -0.2) is 9.97 Å².